The van der Waals surface area contributed by atoms with Gasteiger partial charge in [-0.3, -0.25) is 9.97 Å². The summed E-state index contributed by atoms with van der Waals surface area (Å²) in [5.41, 5.74) is 5.18. The first-order valence-corrected chi connectivity index (χ1v) is 9.72. The molecular weight excluding hydrogens is 336 g/mol. The second-order valence-electron chi connectivity index (χ2n) is 7.16. The van der Waals surface area contributed by atoms with Crippen molar-refractivity contribution in [3.05, 3.63) is 59.7 Å². The number of carbonyl (C=O) groups is 1. The van der Waals surface area contributed by atoms with E-state index in [1.165, 1.54) is 18.4 Å². The van der Waals surface area contributed by atoms with Crippen molar-refractivity contribution in [3.63, 3.8) is 0 Å². The van der Waals surface area contributed by atoms with Gasteiger partial charge in [0.1, 0.15) is 0 Å². The SMILES string of the molecule is CCCCc1ccc(NC(=O)N2CC=C(c3nccnc3C)C[C@@H]2C)cc1. The van der Waals surface area contributed by atoms with Crippen LogP contribution in [-0.4, -0.2) is 33.5 Å². The lowest BCUT2D eigenvalue weighted by Gasteiger charge is -2.33. The predicted octanol–water partition coefficient (Wildman–Crippen LogP) is 4.84. The molecule has 1 aliphatic heterocycles. The van der Waals surface area contributed by atoms with Crippen molar-refractivity contribution < 1.29 is 4.79 Å². The van der Waals surface area contributed by atoms with Gasteiger partial charge in [-0.25, -0.2) is 4.79 Å². The Kier molecular flexibility index (Phi) is 6.22. The van der Waals surface area contributed by atoms with E-state index in [-0.39, 0.29) is 12.1 Å². The van der Waals surface area contributed by atoms with Crippen LogP contribution in [0.4, 0.5) is 10.5 Å². The van der Waals surface area contributed by atoms with Crippen molar-refractivity contribution in [1.29, 1.82) is 0 Å². The van der Waals surface area contributed by atoms with Crippen LogP contribution in [0, 0.1) is 6.92 Å². The molecule has 5 nitrogen and oxygen atoms in total. The van der Waals surface area contributed by atoms with Gasteiger partial charge < -0.3 is 10.2 Å². The number of anilines is 1. The molecule has 0 saturated heterocycles. The molecule has 142 valence electrons. The van der Waals surface area contributed by atoms with Crippen LogP contribution in [0.25, 0.3) is 5.57 Å². The summed E-state index contributed by atoms with van der Waals surface area (Å²) in [5, 5.41) is 3.02. The molecule has 3 rings (SSSR count). The Bertz CT molecular complexity index is 813. The van der Waals surface area contributed by atoms with E-state index >= 15 is 0 Å². The fraction of sp³-hybridized carbons (Fsp3) is 0.409. The second kappa shape index (κ2) is 8.80. The van der Waals surface area contributed by atoms with Crippen LogP contribution in [0.5, 0.6) is 0 Å². The minimum absolute atomic E-state index is 0.0602. The van der Waals surface area contributed by atoms with Crippen LogP contribution in [0.15, 0.2) is 42.7 Å². The number of nitrogens with zero attached hydrogens (tertiary/aromatic N) is 3. The molecule has 27 heavy (non-hydrogen) atoms. The fourth-order valence-corrected chi connectivity index (χ4v) is 3.43. The van der Waals surface area contributed by atoms with E-state index in [4.69, 9.17) is 0 Å². The maximum absolute atomic E-state index is 12.7. The number of hydrogen-bond donors (Lipinski definition) is 1. The van der Waals surface area contributed by atoms with Gasteiger partial charge in [0.05, 0.1) is 11.4 Å². The number of aryl methyl sites for hydroxylation is 2. The Morgan fingerprint density at radius 3 is 2.63 bits per heavy atom. The van der Waals surface area contributed by atoms with Crippen LogP contribution in [-0.2, 0) is 6.42 Å². The molecule has 2 amide bonds. The van der Waals surface area contributed by atoms with Crippen molar-refractivity contribution >= 4 is 17.3 Å². The van der Waals surface area contributed by atoms with E-state index in [9.17, 15) is 4.79 Å². The number of urea groups is 1. The Morgan fingerprint density at radius 1 is 1.22 bits per heavy atom. The molecule has 1 aromatic heterocycles. The maximum atomic E-state index is 12.7. The highest BCUT2D eigenvalue weighted by atomic mass is 16.2. The van der Waals surface area contributed by atoms with Gasteiger partial charge in [0.2, 0.25) is 0 Å². The molecule has 5 heteroatoms. The Labute approximate surface area is 161 Å². The summed E-state index contributed by atoms with van der Waals surface area (Å²) in [6, 6.07) is 8.22. The predicted molar refractivity (Wildman–Crippen MR) is 110 cm³/mol. The van der Waals surface area contributed by atoms with Crippen LogP contribution < -0.4 is 5.32 Å². The van der Waals surface area contributed by atoms with Gasteiger partial charge in [-0.2, -0.15) is 0 Å². The zero-order valence-electron chi connectivity index (χ0n) is 16.4. The number of carbonyl (C=O) groups excluding carboxylic acids is 1. The zero-order chi connectivity index (χ0) is 19.2. The second-order valence-corrected chi connectivity index (χ2v) is 7.16. The molecule has 0 spiro atoms. The van der Waals surface area contributed by atoms with Crippen molar-refractivity contribution in [3.8, 4) is 0 Å². The highest BCUT2D eigenvalue weighted by Gasteiger charge is 2.25. The lowest BCUT2D eigenvalue weighted by atomic mass is 9.97. The van der Waals surface area contributed by atoms with Crippen LogP contribution >= 0.6 is 0 Å². The third-order valence-corrected chi connectivity index (χ3v) is 5.05. The fourth-order valence-electron chi connectivity index (χ4n) is 3.43. The van der Waals surface area contributed by atoms with E-state index in [0.717, 1.165) is 35.5 Å². The van der Waals surface area contributed by atoms with Crippen molar-refractivity contribution in [2.45, 2.75) is 52.5 Å². The lowest BCUT2D eigenvalue weighted by molar-refractivity contribution is 0.198. The summed E-state index contributed by atoms with van der Waals surface area (Å²) in [6.07, 6.45) is 9.76. The van der Waals surface area contributed by atoms with Crippen molar-refractivity contribution in [1.82, 2.24) is 14.9 Å². The van der Waals surface area contributed by atoms with E-state index in [1.54, 1.807) is 12.4 Å². The number of benzene rings is 1. The first kappa shape index (κ1) is 19.1. The molecule has 1 aromatic carbocycles. The third-order valence-electron chi connectivity index (χ3n) is 5.05. The van der Waals surface area contributed by atoms with Crippen LogP contribution in [0.3, 0.4) is 0 Å². The summed E-state index contributed by atoms with van der Waals surface area (Å²) in [4.78, 5) is 23.3. The minimum atomic E-state index is -0.0602. The quantitative estimate of drug-likeness (QED) is 0.826. The topological polar surface area (TPSA) is 58.1 Å². The number of hydrogen-bond acceptors (Lipinski definition) is 3. The van der Waals surface area contributed by atoms with Gasteiger partial charge in [0, 0.05) is 30.7 Å². The van der Waals surface area contributed by atoms with Crippen LogP contribution in [0.1, 0.15) is 50.1 Å². The molecule has 0 bridgehead atoms. The molecule has 0 unspecified atom stereocenters. The molecule has 0 saturated carbocycles. The highest BCUT2D eigenvalue weighted by Crippen LogP contribution is 2.26. The van der Waals surface area contributed by atoms with E-state index in [0.29, 0.717) is 6.54 Å². The first-order valence-electron chi connectivity index (χ1n) is 9.72. The molecular formula is C22H28N4O. The zero-order valence-corrected chi connectivity index (χ0v) is 16.4. The van der Waals surface area contributed by atoms with Gasteiger partial charge >= 0.3 is 6.03 Å². The summed E-state index contributed by atoms with van der Waals surface area (Å²) in [6.45, 7) is 6.82. The molecule has 0 radical (unpaired) electrons. The summed E-state index contributed by atoms with van der Waals surface area (Å²) in [7, 11) is 0. The highest BCUT2D eigenvalue weighted by molar-refractivity contribution is 5.90. The number of amides is 2. The molecule has 1 aliphatic rings. The van der Waals surface area contributed by atoms with E-state index < -0.39 is 0 Å². The normalized spacial score (nSPS) is 16.8. The third kappa shape index (κ3) is 4.73. The van der Waals surface area contributed by atoms with Gasteiger partial charge in [-0.05, 0) is 56.4 Å². The van der Waals surface area contributed by atoms with Gasteiger partial charge in [0.25, 0.3) is 0 Å². The van der Waals surface area contributed by atoms with Gasteiger partial charge in [0.15, 0.2) is 0 Å². The Balaban J connectivity index is 1.63. The molecule has 2 heterocycles. The molecule has 1 atom stereocenters. The van der Waals surface area contributed by atoms with E-state index in [2.05, 4.69) is 47.3 Å². The standard InChI is InChI=1S/C22H28N4O/c1-4-5-6-18-7-9-20(10-8-18)25-22(27)26-14-11-19(15-16(26)2)21-17(3)23-12-13-24-21/h7-13,16H,4-6,14-15H2,1-3H3,(H,25,27)/t16-/m0/s1. The Morgan fingerprint density at radius 2 is 1.96 bits per heavy atom. The summed E-state index contributed by atoms with van der Waals surface area (Å²) in [5.74, 6) is 0. The molecule has 1 N–H and O–H groups in total. The summed E-state index contributed by atoms with van der Waals surface area (Å²) < 4.78 is 0. The smallest absolute Gasteiger partial charge is 0.318 e. The first-order chi connectivity index (χ1) is 13.1. The maximum Gasteiger partial charge on any atom is 0.322 e. The van der Waals surface area contributed by atoms with E-state index in [1.807, 2.05) is 24.0 Å². The number of aromatic nitrogens is 2. The largest absolute Gasteiger partial charge is 0.322 e. The lowest BCUT2D eigenvalue weighted by Crippen LogP contribution is -2.43. The van der Waals surface area contributed by atoms with Gasteiger partial charge in [-0.1, -0.05) is 31.6 Å². The number of rotatable bonds is 5. The average molecular weight is 364 g/mol. The van der Waals surface area contributed by atoms with Crippen LogP contribution in [0.2, 0.25) is 0 Å². The summed E-state index contributed by atoms with van der Waals surface area (Å²) >= 11 is 0. The molecule has 0 aliphatic carbocycles. The average Bonchev–Trinajstić information content (AvgIpc) is 2.67. The van der Waals surface area contributed by atoms with Gasteiger partial charge in [-0.15, -0.1) is 0 Å². The molecule has 0 fully saturated rings. The number of unbranched alkanes of at least 4 members (excludes halogenated alkanes) is 1. The van der Waals surface area contributed by atoms with Crippen molar-refractivity contribution in [2.75, 3.05) is 11.9 Å². The molecule has 2 aromatic rings. The van der Waals surface area contributed by atoms with Crippen molar-refractivity contribution in [2.24, 2.45) is 0 Å². The monoisotopic (exact) mass is 364 g/mol. The number of nitrogens with one attached hydrogen (secondary N) is 1. The minimum Gasteiger partial charge on any atom is -0.318 e. The Hall–Kier alpha value is -2.69.